The van der Waals surface area contributed by atoms with E-state index in [1.165, 1.54) is 12.8 Å². The summed E-state index contributed by atoms with van der Waals surface area (Å²) in [7, 11) is 1.75. The zero-order valence-corrected chi connectivity index (χ0v) is 6.18. The van der Waals surface area contributed by atoms with Crippen LogP contribution in [0.15, 0.2) is 0 Å². The van der Waals surface area contributed by atoms with Gasteiger partial charge in [-0.1, -0.05) is 0 Å². The molecule has 54 valence electrons. The van der Waals surface area contributed by atoms with E-state index in [9.17, 15) is 0 Å². The topological polar surface area (TPSA) is 21.3 Å². The van der Waals surface area contributed by atoms with Gasteiger partial charge in [-0.25, -0.2) is 0 Å². The van der Waals surface area contributed by atoms with Gasteiger partial charge < -0.3 is 10.1 Å². The minimum Gasteiger partial charge on any atom is -0.383 e. The largest absolute Gasteiger partial charge is 0.383 e. The molecule has 1 fully saturated rings. The van der Waals surface area contributed by atoms with Crippen molar-refractivity contribution in [2.75, 3.05) is 13.7 Å². The first kappa shape index (κ1) is 7.03. The van der Waals surface area contributed by atoms with Gasteiger partial charge in [0.25, 0.3) is 0 Å². The van der Waals surface area contributed by atoms with Crippen LogP contribution in [0.2, 0.25) is 0 Å². The fourth-order valence-electron chi connectivity index (χ4n) is 1.35. The molecule has 0 spiro atoms. The lowest BCUT2D eigenvalue weighted by Crippen LogP contribution is -2.30. The monoisotopic (exact) mass is 129 g/mol. The second-order valence-corrected chi connectivity index (χ2v) is 2.80. The summed E-state index contributed by atoms with van der Waals surface area (Å²) in [5.74, 6) is 0. The van der Waals surface area contributed by atoms with Crippen LogP contribution >= 0.6 is 0 Å². The molecule has 2 heteroatoms. The minimum atomic E-state index is 0.616. The van der Waals surface area contributed by atoms with Crippen molar-refractivity contribution in [2.45, 2.75) is 31.8 Å². The lowest BCUT2D eigenvalue weighted by Gasteiger charge is -2.08. The Morgan fingerprint density at radius 3 is 2.78 bits per heavy atom. The Kier molecular flexibility index (Phi) is 2.49. The summed E-state index contributed by atoms with van der Waals surface area (Å²) in [6, 6.07) is 1.31. The standard InChI is InChI=1S/C7H15NO/c1-6-3-4-7(8-6)5-9-2/h6-8H,3-5H2,1-2H3/t6-,7-/m1/s1. The minimum absolute atomic E-state index is 0.616. The molecule has 0 unspecified atom stereocenters. The third-order valence-corrected chi connectivity index (χ3v) is 1.84. The van der Waals surface area contributed by atoms with Crippen LogP contribution in [-0.2, 0) is 4.74 Å². The van der Waals surface area contributed by atoms with Gasteiger partial charge in [-0.2, -0.15) is 0 Å². The molecule has 0 aromatic heterocycles. The van der Waals surface area contributed by atoms with Gasteiger partial charge in [0.1, 0.15) is 0 Å². The predicted octanol–water partition coefficient (Wildman–Crippen LogP) is 0.773. The maximum Gasteiger partial charge on any atom is 0.0615 e. The fourth-order valence-corrected chi connectivity index (χ4v) is 1.35. The quantitative estimate of drug-likeness (QED) is 0.594. The van der Waals surface area contributed by atoms with Crippen molar-refractivity contribution in [3.8, 4) is 0 Å². The summed E-state index contributed by atoms with van der Waals surface area (Å²) in [5, 5.41) is 3.43. The predicted molar refractivity (Wildman–Crippen MR) is 37.5 cm³/mol. The van der Waals surface area contributed by atoms with Gasteiger partial charge in [-0.3, -0.25) is 0 Å². The van der Waals surface area contributed by atoms with Gasteiger partial charge >= 0.3 is 0 Å². The molecule has 1 heterocycles. The number of ether oxygens (including phenoxy) is 1. The average molecular weight is 129 g/mol. The van der Waals surface area contributed by atoms with Gasteiger partial charge in [0.15, 0.2) is 0 Å². The van der Waals surface area contributed by atoms with Crippen molar-refractivity contribution in [3.63, 3.8) is 0 Å². The van der Waals surface area contributed by atoms with Crippen LogP contribution in [0.5, 0.6) is 0 Å². The Labute approximate surface area is 56.6 Å². The van der Waals surface area contributed by atoms with Crippen molar-refractivity contribution >= 4 is 0 Å². The fraction of sp³-hybridized carbons (Fsp3) is 1.00. The zero-order valence-electron chi connectivity index (χ0n) is 6.18. The summed E-state index contributed by atoms with van der Waals surface area (Å²) < 4.78 is 5.01. The summed E-state index contributed by atoms with van der Waals surface area (Å²) in [5.41, 5.74) is 0. The molecule has 1 saturated heterocycles. The molecule has 1 aliphatic rings. The lowest BCUT2D eigenvalue weighted by molar-refractivity contribution is 0.172. The smallest absolute Gasteiger partial charge is 0.0615 e. The molecule has 1 N–H and O–H groups in total. The third-order valence-electron chi connectivity index (χ3n) is 1.84. The maximum atomic E-state index is 5.01. The SMILES string of the molecule is COC[C@H]1CC[C@@H](C)N1. The van der Waals surface area contributed by atoms with Crippen LogP contribution in [0.1, 0.15) is 19.8 Å². The molecule has 0 aliphatic carbocycles. The third kappa shape index (κ3) is 1.95. The van der Waals surface area contributed by atoms with E-state index in [-0.39, 0.29) is 0 Å². The first-order chi connectivity index (χ1) is 4.33. The molecule has 0 saturated carbocycles. The molecule has 0 aromatic rings. The molecule has 2 nitrogen and oxygen atoms in total. The second-order valence-electron chi connectivity index (χ2n) is 2.80. The number of methoxy groups -OCH3 is 1. The van der Waals surface area contributed by atoms with Crippen LogP contribution in [-0.4, -0.2) is 25.8 Å². The van der Waals surface area contributed by atoms with E-state index < -0.39 is 0 Å². The molecule has 0 amide bonds. The molecule has 9 heavy (non-hydrogen) atoms. The van der Waals surface area contributed by atoms with Crippen LogP contribution in [0.25, 0.3) is 0 Å². The van der Waals surface area contributed by atoms with E-state index >= 15 is 0 Å². The second kappa shape index (κ2) is 3.18. The molecular weight excluding hydrogens is 114 g/mol. The summed E-state index contributed by atoms with van der Waals surface area (Å²) in [6.07, 6.45) is 2.57. The van der Waals surface area contributed by atoms with Crippen LogP contribution < -0.4 is 5.32 Å². The molecule has 2 atom stereocenters. The summed E-state index contributed by atoms with van der Waals surface area (Å²) in [6.45, 7) is 3.08. The number of hydrogen-bond donors (Lipinski definition) is 1. The van der Waals surface area contributed by atoms with E-state index in [0.717, 1.165) is 6.61 Å². The van der Waals surface area contributed by atoms with Crippen molar-refractivity contribution < 1.29 is 4.74 Å². The molecule has 1 rings (SSSR count). The van der Waals surface area contributed by atoms with E-state index in [1.807, 2.05) is 0 Å². The van der Waals surface area contributed by atoms with Crippen molar-refractivity contribution in [1.82, 2.24) is 5.32 Å². The molecular formula is C7H15NO. The van der Waals surface area contributed by atoms with E-state index in [2.05, 4.69) is 12.2 Å². The Morgan fingerprint density at radius 1 is 1.56 bits per heavy atom. The highest BCUT2D eigenvalue weighted by molar-refractivity contribution is 4.79. The van der Waals surface area contributed by atoms with E-state index in [1.54, 1.807) is 7.11 Å². The first-order valence-electron chi connectivity index (χ1n) is 3.58. The first-order valence-corrected chi connectivity index (χ1v) is 3.58. The molecule has 1 aliphatic heterocycles. The van der Waals surface area contributed by atoms with Gasteiger partial charge in [0.05, 0.1) is 6.61 Å². The highest BCUT2D eigenvalue weighted by atomic mass is 16.5. The van der Waals surface area contributed by atoms with Crippen molar-refractivity contribution in [2.24, 2.45) is 0 Å². The highest BCUT2D eigenvalue weighted by Crippen LogP contribution is 2.10. The van der Waals surface area contributed by atoms with Gasteiger partial charge in [-0.05, 0) is 19.8 Å². The van der Waals surface area contributed by atoms with Gasteiger partial charge in [0, 0.05) is 19.2 Å². The number of nitrogens with one attached hydrogen (secondary N) is 1. The molecule has 0 bridgehead atoms. The Morgan fingerprint density at radius 2 is 2.33 bits per heavy atom. The van der Waals surface area contributed by atoms with Gasteiger partial charge in [0.2, 0.25) is 0 Å². The Hall–Kier alpha value is -0.0800. The van der Waals surface area contributed by atoms with Crippen LogP contribution in [0.4, 0.5) is 0 Å². The van der Waals surface area contributed by atoms with E-state index in [4.69, 9.17) is 4.74 Å². The summed E-state index contributed by atoms with van der Waals surface area (Å²) >= 11 is 0. The zero-order chi connectivity index (χ0) is 6.69. The molecule has 0 aromatic carbocycles. The highest BCUT2D eigenvalue weighted by Gasteiger charge is 2.18. The number of rotatable bonds is 2. The molecule has 0 radical (unpaired) electrons. The Balaban J connectivity index is 2.14. The average Bonchev–Trinajstić information content (AvgIpc) is 2.17. The Bertz CT molecular complexity index is 83.0. The summed E-state index contributed by atoms with van der Waals surface area (Å²) in [4.78, 5) is 0. The van der Waals surface area contributed by atoms with Crippen LogP contribution in [0.3, 0.4) is 0 Å². The van der Waals surface area contributed by atoms with Crippen molar-refractivity contribution in [1.29, 1.82) is 0 Å². The van der Waals surface area contributed by atoms with E-state index in [0.29, 0.717) is 12.1 Å². The lowest BCUT2D eigenvalue weighted by atomic mass is 10.2. The number of hydrogen-bond acceptors (Lipinski definition) is 2. The van der Waals surface area contributed by atoms with Crippen LogP contribution in [0, 0.1) is 0 Å². The van der Waals surface area contributed by atoms with Crippen molar-refractivity contribution in [3.05, 3.63) is 0 Å². The normalized spacial score (nSPS) is 35.3. The maximum absolute atomic E-state index is 5.01. The van der Waals surface area contributed by atoms with Gasteiger partial charge in [-0.15, -0.1) is 0 Å².